The second kappa shape index (κ2) is 10.7. The summed E-state index contributed by atoms with van der Waals surface area (Å²) in [6, 6.07) is 0. The summed E-state index contributed by atoms with van der Waals surface area (Å²) < 4.78 is 0. The van der Waals surface area contributed by atoms with Gasteiger partial charge in [0.15, 0.2) is 0 Å². The number of allylic oxidation sites excluding steroid dienone is 5. The first-order chi connectivity index (χ1) is 7.47. The van der Waals surface area contributed by atoms with Crippen LogP contribution in [0.5, 0.6) is 0 Å². The van der Waals surface area contributed by atoms with Crippen LogP contribution >= 0.6 is 0 Å². The Morgan fingerprint density at radius 2 is 1.69 bits per heavy atom. The molecule has 2 atom stereocenters. The zero-order valence-corrected chi connectivity index (χ0v) is 12.3. The second-order valence-electron chi connectivity index (χ2n) is 4.30. The molecular weight excluding hydrogens is 192 g/mol. The zero-order chi connectivity index (χ0) is 13.1. The average Bonchev–Trinajstić information content (AvgIpc) is 2.27. The largest absolute Gasteiger partial charge is 0.100 e. The Labute approximate surface area is 103 Å². The highest BCUT2D eigenvalue weighted by atomic mass is 14.1. The molecule has 0 amide bonds. The smallest absolute Gasteiger partial charge is 0.0196 e. The van der Waals surface area contributed by atoms with Crippen LogP contribution < -0.4 is 0 Å². The molecule has 0 heterocycles. The molecule has 0 heteroatoms. The van der Waals surface area contributed by atoms with Gasteiger partial charge in [0, 0.05) is 0 Å². The SMILES string of the molecule is C=C(C)CC.CC.CC1=CC(C)C(C)C=C1. The minimum absolute atomic E-state index is 0.730. The maximum absolute atomic E-state index is 3.67. The van der Waals surface area contributed by atoms with Crippen molar-refractivity contribution in [2.45, 2.75) is 54.9 Å². The maximum Gasteiger partial charge on any atom is -0.0196 e. The highest BCUT2D eigenvalue weighted by Gasteiger charge is 2.08. The maximum atomic E-state index is 3.67. The third-order valence-electron chi connectivity index (χ3n) is 2.62. The first kappa shape index (κ1) is 17.6. The van der Waals surface area contributed by atoms with Crippen molar-refractivity contribution in [1.82, 2.24) is 0 Å². The summed E-state index contributed by atoms with van der Waals surface area (Å²) in [6.45, 7) is 18.5. The van der Waals surface area contributed by atoms with E-state index < -0.39 is 0 Å². The third-order valence-corrected chi connectivity index (χ3v) is 2.62. The minimum atomic E-state index is 0.730. The molecular formula is C16H30. The lowest BCUT2D eigenvalue weighted by atomic mass is 9.89. The molecule has 2 unspecified atom stereocenters. The van der Waals surface area contributed by atoms with Crippen molar-refractivity contribution in [2.24, 2.45) is 11.8 Å². The Morgan fingerprint density at radius 3 is 1.94 bits per heavy atom. The molecule has 0 aromatic carbocycles. The molecule has 94 valence electrons. The molecule has 1 aliphatic carbocycles. The Bertz CT molecular complexity index is 230. The van der Waals surface area contributed by atoms with E-state index in [-0.39, 0.29) is 0 Å². The van der Waals surface area contributed by atoms with Gasteiger partial charge in [-0.05, 0) is 32.1 Å². The van der Waals surface area contributed by atoms with Gasteiger partial charge in [-0.1, -0.05) is 64.0 Å². The topological polar surface area (TPSA) is 0 Å². The summed E-state index contributed by atoms with van der Waals surface area (Å²) in [7, 11) is 0. The fraction of sp³-hybridized carbons (Fsp3) is 0.625. The zero-order valence-electron chi connectivity index (χ0n) is 12.3. The summed E-state index contributed by atoms with van der Waals surface area (Å²) in [5.74, 6) is 1.46. The van der Waals surface area contributed by atoms with Crippen LogP contribution in [0.3, 0.4) is 0 Å². The molecule has 0 radical (unpaired) electrons. The predicted molar refractivity (Wildman–Crippen MR) is 77.7 cm³/mol. The quantitative estimate of drug-likeness (QED) is 0.494. The van der Waals surface area contributed by atoms with Gasteiger partial charge in [-0.25, -0.2) is 0 Å². The minimum Gasteiger partial charge on any atom is -0.100 e. The number of hydrogen-bond donors (Lipinski definition) is 0. The van der Waals surface area contributed by atoms with Crippen molar-refractivity contribution >= 4 is 0 Å². The van der Waals surface area contributed by atoms with Gasteiger partial charge in [0.1, 0.15) is 0 Å². The third kappa shape index (κ3) is 9.76. The van der Waals surface area contributed by atoms with Gasteiger partial charge in [0.05, 0.1) is 0 Å². The van der Waals surface area contributed by atoms with Crippen LogP contribution in [-0.4, -0.2) is 0 Å². The molecule has 0 aliphatic heterocycles. The van der Waals surface area contributed by atoms with Crippen LogP contribution in [0.1, 0.15) is 54.9 Å². The van der Waals surface area contributed by atoms with E-state index in [1.807, 2.05) is 20.8 Å². The van der Waals surface area contributed by atoms with E-state index in [0.717, 1.165) is 18.3 Å². The Morgan fingerprint density at radius 1 is 1.25 bits per heavy atom. The van der Waals surface area contributed by atoms with Gasteiger partial charge < -0.3 is 0 Å². The Kier molecular flexibility index (Phi) is 11.8. The first-order valence-electron chi connectivity index (χ1n) is 6.48. The van der Waals surface area contributed by atoms with E-state index in [4.69, 9.17) is 0 Å². The Hall–Kier alpha value is -0.780. The molecule has 0 aromatic rings. The molecule has 0 N–H and O–H groups in total. The summed E-state index contributed by atoms with van der Waals surface area (Å²) in [6.07, 6.45) is 7.91. The van der Waals surface area contributed by atoms with Crippen LogP contribution in [0.4, 0.5) is 0 Å². The first-order valence-corrected chi connectivity index (χ1v) is 6.48. The van der Waals surface area contributed by atoms with Gasteiger partial charge in [-0.3, -0.25) is 0 Å². The molecule has 1 rings (SSSR count). The van der Waals surface area contributed by atoms with E-state index in [0.29, 0.717) is 0 Å². The van der Waals surface area contributed by atoms with Crippen molar-refractivity contribution < 1.29 is 0 Å². The lowest BCUT2D eigenvalue weighted by molar-refractivity contribution is 0.548. The van der Waals surface area contributed by atoms with E-state index in [1.165, 1.54) is 11.1 Å². The van der Waals surface area contributed by atoms with Crippen molar-refractivity contribution in [3.05, 3.63) is 36.0 Å². The molecule has 16 heavy (non-hydrogen) atoms. The van der Waals surface area contributed by atoms with Gasteiger partial charge in [0.2, 0.25) is 0 Å². The number of rotatable bonds is 1. The Balaban J connectivity index is 0. The van der Waals surface area contributed by atoms with Crippen LogP contribution in [0, 0.1) is 11.8 Å². The highest BCUT2D eigenvalue weighted by Crippen LogP contribution is 2.20. The monoisotopic (exact) mass is 222 g/mol. The lowest BCUT2D eigenvalue weighted by Gasteiger charge is -2.16. The van der Waals surface area contributed by atoms with Gasteiger partial charge >= 0.3 is 0 Å². The normalized spacial score (nSPS) is 22.1. The summed E-state index contributed by atoms with van der Waals surface area (Å²) in [5.41, 5.74) is 2.66. The standard InChI is InChI=1S/C9H14.C5H10.C2H6/c1-7-4-5-8(2)9(3)6-7;1-4-5(2)3;1-2/h4-6,8-9H,1-3H3;2,4H2,1,3H3;1-2H3. The molecule has 0 saturated carbocycles. The number of hydrogen-bond acceptors (Lipinski definition) is 0. The van der Waals surface area contributed by atoms with Crippen molar-refractivity contribution in [3.8, 4) is 0 Å². The van der Waals surface area contributed by atoms with E-state index in [1.54, 1.807) is 0 Å². The highest BCUT2D eigenvalue weighted by molar-refractivity contribution is 5.22. The molecule has 0 aromatic heterocycles. The summed E-state index contributed by atoms with van der Waals surface area (Å²) in [5, 5.41) is 0. The van der Waals surface area contributed by atoms with Gasteiger partial charge in [-0.15, -0.1) is 6.58 Å². The molecule has 0 bridgehead atoms. The lowest BCUT2D eigenvalue weighted by Crippen LogP contribution is -2.05. The van der Waals surface area contributed by atoms with E-state index in [2.05, 4.69) is 52.5 Å². The summed E-state index contributed by atoms with van der Waals surface area (Å²) >= 11 is 0. The van der Waals surface area contributed by atoms with Crippen LogP contribution in [0.25, 0.3) is 0 Å². The van der Waals surface area contributed by atoms with Crippen molar-refractivity contribution in [1.29, 1.82) is 0 Å². The summed E-state index contributed by atoms with van der Waals surface area (Å²) in [4.78, 5) is 0. The van der Waals surface area contributed by atoms with E-state index >= 15 is 0 Å². The molecule has 0 fully saturated rings. The molecule has 0 nitrogen and oxygen atoms in total. The molecule has 0 spiro atoms. The van der Waals surface area contributed by atoms with Gasteiger partial charge in [0.25, 0.3) is 0 Å². The van der Waals surface area contributed by atoms with Crippen molar-refractivity contribution in [2.75, 3.05) is 0 Å². The fourth-order valence-corrected chi connectivity index (χ4v) is 1.10. The molecule has 0 saturated heterocycles. The van der Waals surface area contributed by atoms with Crippen LogP contribution in [0.2, 0.25) is 0 Å². The van der Waals surface area contributed by atoms with Gasteiger partial charge in [-0.2, -0.15) is 0 Å². The van der Waals surface area contributed by atoms with Crippen molar-refractivity contribution in [3.63, 3.8) is 0 Å². The van der Waals surface area contributed by atoms with Crippen LogP contribution in [0.15, 0.2) is 36.0 Å². The second-order valence-corrected chi connectivity index (χ2v) is 4.30. The fourth-order valence-electron chi connectivity index (χ4n) is 1.10. The van der Waals surface area contributed by atoms with Crippen LogP contribution in [-0.2, 0) is 0 Å². The predicted octanol–water partition coefficient (Wildman–Crippen LogP) is 5.77. The van der Waals surface area contributed by atoms with E-state index in [9.17, 15) is 0 Å². The molecule has 1 aliphatic rings. The average molecular weight is 222 g/mol.